The Bertz CT molecular complexity index is 444. The predicted octanol–water partition coefficient (Wildman–Crippen LogP) is 1.38. The highest BCUT2D eigenvalue weighted by molar-refractivity contribution is 7.86. The lowest BCUT2D eigenvalue weighted by Gasteiger charge is -2.34. The van der Waals surface area contributed by atoms with Gasteiger partial charge in [0.1, 0.15) is 0 Å². The topological polar surface area (TPSA) is 66.9 Å². The molecule has 0 saturated carbocycles. The van der Waals surface area contributed by atoms with Crippen molar-refractivity contribution in [1.29, 1.82) is 0 Å². The normalized spacial score (nSPS) is 26.2. The first-order valence-electron chi connectivity index (χ1n) is 7.97. The van der Waals surface area contributed by atoms with Crippen LogP contribution in [0, 0.1) is 5.92 Å². The zero-order chi connectivity index (χ0) is 15.3. The Morgan fingerprint density at radius 2 is 1.67 bits per heavy atom. The van der Waals surface area contributed by atoms with E-state index in [2.05, 4.69) is 0 Å². The number of rotatable bonds is 4. The van der Waals surface area contributed by atoms with Crippen molar-refractivity contribution in [3.05, 3.63) is 0 Å². The van der Waals surface area contributed by atoms with E-state index in [9.17, 15) is 13.2 Å². The molecule has 1 atom stereocenters. The third-order valence-electron chi connectivity index (χ3n) is 4.22. The summed E-state index contributed by atoms with van der Waals surface area (Å²) in [5.41, 5.74) is 0. The van der Waals surface area contributed by atoms with E-state index in [0.717, 1.165) is 32.1 Å². The molecule has 0 aromatic rings. The van der Waals surface area contributed by atoms with Crippen molar-refractivity contribution >= 4 is 16.2 Å². The van der Waals surface area contributed by atoms with Crippen LogP contribution >= 0.6 is 0 Å². The summed E-state index contributed by atoms with van der Waals surface area (Å²) in [6, 6.07) is 0. The predicted molar refractivity (Wildman–Crippen MR) is 79.9 cm³/mol. The smallest absolute Gasteiger partial charge is 0.310 e. The summed E-state index contributed by atoms with van der Waals surface area (Å²) >= 11 is 0. The maximum absolute atomic E-state index is 12.7. The molecular formula is C14H26N2O4S. The molecule has 2 heterocycles. The third-order valence-corrected chi connectivity index (χ3v) is 6.22. The summed E-state index contributed by atoms with van der Waals surface area (Å²) in [5.74, 6) is -0.589. The van der Waals surface area contributed by atoms with Gasteiger partial charge >= 0.3 is 5.97 Å². The number of ether oxygens (including phenoxy) is 1. The molecule has 0 amide bonds. The van der Waals surface area contributed by atoms with E-state index < -0.39 is 10.2 Å². The molecule has 2 saturated heterocycles. The fourth-order valence-electron chi connectivity index (χ4n) is 3.04. The summed E-state index contributed by atoms with van der Waals surface area (Å²) in [6.07, 6.45) is 5.47. The Morgan fingerprint density at radius 1 is 1.05 bits per heavy atom. The van der Waals surface area contributed by atoms with Crippen LogP contribution in [0.1, 0.15) is 45.4 Å². The molecule has 2 aliphatic rings. The van der Waals surface area contributed by atoms with E-state index in [1.54, 1.807) is 11.2 Å². The fraction of sp³-hybridized carbons (Fsp3) is 0.929. The molecule has 7 heteroatoms. The van der Waals surface area contributed by atoms with Gasteiger partial charge in [0.15, 0.2) is 0 Å². The van der Waals surface area contributed by atoms with Crippen LogP contribution in [-0.2, 0) is 19.7 Å². The van der Waals surface area contributed by atoms with Crippen LogP contribution in [0.4, 0.5) is 0 Å². The molecular weight excluding hydrogens is 292 g/mol. The van der Waals surface area contributed by atoms with Crippen LogP contribution in [0.3, 0.4) is 0 Å². The second-order valence-electron chi connectivity index (χ2n) is 5.77. The Hall–Kier alpha value is -0.660. The molecule has 1 unspecified atom stereocenters. The van der Waals surface area contributed by atoms with Gasteiger partial charge in [-0.25, -0.2) is 0 Å². The minimum atomic E-state index is -3.43. The third kappa shape index (κ3) is 4.17. The summed E-state index contributed by atoms with van der Waals surface area (Å²) in [4.78, 5) is 11.8. The van der Waals surface area contributed by atoms with Crippen LogP contribution in [0.5, 0.6) is 0 Å². The zero-order valence-corrected chi connectivity index (χ0v) is 13.6. The van der Waals surface area contributed by atoms with E-state index in [1.165, 1.54) is 4.31 Å². The van der Waals surface area contributed by atoms with Crippen molar-refractivity contribution in [2.75, 3.05) is 32.8 Å². The van der Waals surface area contributed by atoms with Crippen LogP contribution in [-0.4, -0.2) is 55.8 Å². The lowest BCUT2D eigenvalue weighted by atomic mass is 10.0. The molecule has 0 radical (unpaired) electrons. The standard InChI is InChI=1S/C14H26N2O4S/c1-2-20-14(17)13-8-7-11-16(12-13)21(18,19)15-9-5-3-4-6-10-15/h13H,2-12H2,1H3. The minimum absolute atomic E-state index is 0.262. The number of piperidine rings is 1. The maximum atomic E-state index is 12.7. The highest BCUT2D eigenvalue weighted by atomic mass is 32.2. The molecule has 0 aromatic heterocycles. The number of esters is 1. The van der Waals surface area contributed by atoms with Crippen LogP contribution in [0.25, 0.3) is 0 Å². The number of carbonyl (C=O) groups is 1. The van der Waals surface area contributed by atoms with Gasteiger partial charge in [-0.2, -0.15) is 17.0 Å². The Kier molecular flexibility index (Phi) is 6.01. The van der Waals surface area contributed by atoms with E-state index in [4.69, 9.17) is 4.74 Å². The largest absolute Gasteiger partial charge is 0.466 e. The van der Waals surface area contributed by atoms with E-state index in [-0.39, 0.29) is 18.4 Å². The molecule has 0 N–H and O–H groups in total. The van der Waals surface area contributed by atoms with Crippen molar-refractivity contribution < 1.29 is 17.9 Å². The number of hydrogen-bond donors (Lipinski definition) is 0. The molecule has 2 aliphatic heterocycles. The molecule has 0 aromatic carbocycles. The van der Waals surface area contributed by atoms with Crippen LogP contribution in [0.15, 0.2) is 0 Å². The van der Waals surface area contributed by atoms with Crippen LogP contribution < -0.4 is 0 Å². The molecule has 6 nitrogen and oxygen atoms in total. The molecule has 0 aliphatic carbocycles. The first kappa shape index (κ1) is 16.7. The van der Waals surface area contributed by atoms with E-state index >= 15 is 0 Å². The molecule has 2 rings (SSSR count). The number of carbonyl (C=O) groups excluding carboxylic acids is 1. The first-order valence-corrected chi connectivity index (χ1v) is 9.37. The van der Waals surface area contributed by atoms with Gasteiger partial charge in [-0.3, -0.25) is 4.79 Å². The monoisotopic (exact) mass is 318 g/mol. The molecule has 122 valence electrons. The highest BCUT2D eigenvalue weighted by Gasteiger charge is 2.36. The van der Waals surface area contributed by atoms with Gasteiger partial charge in [0.2, 0.25) is 0 Å². The van der Waals surface area contributed by atoms with Gasteiger partial charge in [-0.05, 0) is 32.6 Å². The first-order chi connectivity index (χ1) is 10.1. The SMILES string of the molecule is CCOC(=O)C1CCCN(S(=O)(=O)N2CCCCCC2)C1. The van der Waals surface area contributed by atoms with Crippen molar-refractivity contribution in [2.24, 2.45) is 5.92 Å². The van der Waals surface area contributed by atoms with Gasteiger partial charge < -0.3 is 4.74 Å². The molecule has 2 fully saturated rings. The Labute approximate surface area is 127 Å². The van der Waals surface area contributed by atoms with Crippen molar-refractivity contribution in [3.8, 4) is 0 Å². The number of nitrogens with zero attached hydrogens (tertiary/aromatic N) is 2. The lowest BCUT2D eigenvalue weighted by molar-refractivity contribution is -0.149. The minimum Gasteiger partial charge on any atom is -0.466 e. The Morgan fingerprint density at radius 3 is 2.29 bits per heavy atom. The second kappa shape index (κ2) is 7.56. The summed E-state index contributed by atoms with van der Waals surface area (Å²) < 4.78 is 33.5. The van der Waals surface area contributed by atoms with Gasteiger partial charge in [0.05, 0.1) is 12.5 Å². The van der Waals surface area contributed by atoms with E-state index in [0.29, 0.717) is 32.7 Å². The fourth-order valence-corrected chi connectivity index (χ4v) is 4.81. The van der Waals surface area contributed by atoms with Crippen molar-refractivity contribution in [3.63, 3.8) is 0 Å². The molecule has 0 bridgehead atoms. The quantitative estimate of drug-likeness (QED) is 0.735. The molecule has 0 spiro atoms. The number of hydrogen-bond acceptors (Lipinski definition) is 4. The average molecular weight is 318 g/mol. The summed E-state index contributed by atoms with van der Waals surface area (Å²) in [7, 11) is -3.43. The van der Waals surface area contributed by atoms with Gasteiger partial charge in [0.25, 0.3) is 10.2 Å². The lowest BCUT2D eigenvalue weighted by Crippen LogP contribution is -2.49. The van der Waals surface area contributed by atoms with Gasteiger partial charge in [-0.15, -0.1) is 0 Å². The summed E-state index contributed by atoms with van der Waals surface area (Å²) in [5, 5.41) is 0. The average Bonchev–Trinajstić information content (AvgIpc) is 2.77. The highest BCUT2D eigenvalue weighted by Crippen LogP contribution is 2.24. The maximum Gasteiger partial charge on any atom is 0.310 e. The second-order valence-corrected chi connectivity index (χ2v) is 7.70. The van der Waals surface area contributed by atoms with Crippen molar-refractivity contribution in [2.45, 2.75) is 45.4 Å². The van der Waals surface area contributed by atoms with Gasteiger partial charge in [0, 0.05) is 26.2 Å². The van der Waals surface area contributed by atoms with E-state index in [1.807, 2.05) is 0 Å². The summed E-state index contributed by atoms with van der Waals surface area (Å²) in [6.45, 7) is 4.08. The Balaban J connectivity index is 2.03. The van der Waals surface area contributed by atoms with Gasteiger partial charge in [-0.1, -0.05) is 12.8 Å². The van der Waals surface area contributed by atoms with Crippen LogP contribution in [0.2, 0.25) is 0 Å². The van der Waals surface area contributed by atoms with Crippen molar-refractivity contribution in [1.82, 2.24) is 8.61 Å². The molecule has 21 heavy (non-hydrogen) atoms. The zero-order valence-electron chi connectivity index (χ0n) is 12.8.